The zero-order chi connectivity index (χ0) is 26.4. The van der Waals surface area contributed by atoms with E-state index < -0.39 is 17.8 Å². The summed E-state index contributed by atoms with van der Waals surface area (Å²) in [5, 5.41) is 3.03. The summed E-state index contributed by atoms with van der Waals surface area (Å²) in [6.07, 6.45) is 8.20. The molecule has 1 fully saturated rings. The van der Waals surface area contributed by atoms with Crippen LogP contribution in [0.25, 0.3) is 5.57 Å². The Labute approximate surface area is 219 Å². The summed E-state index contributed by atoms with van der Waals surface area (Å²) in [6, 6.07) is 3.41. The second-order valence-corrected chi connectivity index (χ2v) is 10.1. The van der Waals surface area contributed by atoms with Crippen molar-refractivity contribution in [1.82, 2.24) is 14.9 Å². The number of nitrogens with zero attached hydrogens (tertiary/aromatic N) is 3. The Balaban J connectivity index is 1.28. The Morgan fingerprint density at radius 2 is 1.89 bits per heavy atom. The summed E-state index contributed by atoms with van der Waals surface area (Å²) in [4.78, 5) is 34.6. The van der Waals surface area contributed by atoms with Crippen molar-refractivity contribution in [3.8, 4) is 0 Å². The molecule has 2 aromatic rings. The fourth-order valence-electron chi connectivity index (χ4n) is 4.84. The summed E-state index contributed by atoms with van der Waals surface area (Å²) in [7, 11) is 0. The van der Waals surface area contributed by atoms with Gasteiger partial charge in [-0.3, -0.25) is 15.1 Å². The van der Waals surface area contributed by atoms with Crippen molar-refractivity contribution in [3.05, 3.63) is 58.5 Å². The Morgan fingerprint density at radius 1 is 1.11 bits per heavy atom. The van der Waals surface area contributed by atoms with Crippen molar-refractivity contribution in [2.75, 3.05) is 18.4 Å². The maximum atomic E-state index is 12.7. The van der Waals surface area contributed by atoms with Crippen molar-refractivity contribution in [2.24, 2.45) is 5.92 Å². The lowest BCUT2D eigenvalue weighted by Gasteiger charge is -2.26. The minimum absolute atomic E-state index is 0.0466. The van der Waals surface area contributed by atoms with Crippen molar-refractivity contribution in [2.45, 2.75) is 64.0 Å². The Hall–Kier alpha value is -2.94. The average molecular weight is 535 g/mol. The van der Waals surface area contributed by atoms with Gasteiger partial charge in [-0.1, -0.05) is 49.8 Å². The van der Waals surface area contributed by atoms with Crippen LogP contribution in [0.5, 0.6) is 0 Å². The van der Waals surface area contributed by atoms with Crippen molar-refractivity contribution in [1.29, 1.82) is 0 Å². The van der Waals surface area contributed by atoms with Gasteiger partial charge in [-0.25, -0.2) is 9.78 Å². The van der Waals surface area contributed by atoms with Crippen LogP contribution in [-0.2, 0) is 17.4 Å². The van der Waals surface area contributed by atoms with E-state index >= 15 is 0 Å². The molecule has 6 nitrogen and oxygen atoms in total. The highest BCUT2D eigenvalue weighted by atomic mass is 35.5. The van der Waals surface area contributed by atoms with Crippen LogP contribution in [0.2, 0.25) is 5.02 Å². The molecule has 4 rings (SSSR count). The van der Waals surface area contributed by atoms with Crippen LogP contribution in [-0.4, -0.2) is 39.8 Å². The topological polar surface area (TPSA) is 75.2 Å². The molecule has 0 saturated heterocycles. The first-order valence-corrected chi connectivity index (χ1v) is 13.0. The van der Waals surface area contributed by atoms with Gasteiger partial charge in [0.25, 0.3) is 0 Å². The predicted molar refractivity (Wildman–Crippen MR) is 136 cm³/mol. The number of alkyl halides is 3. The first kappa shape index (κ1) is 27.1. The molecule has 0 spiro atoms. The highest BCUT2D eigenvalue weighted by Gasteiger charge is 2.31. The van der Waals surface area contributed by atoms with Gasteiger partial charge in [-0.05, 0) is 48.1 Å². The maximum absolute atomic E-state index is 12.7. The van der Waals surface area contributed by atoms with Crippen LogP contribution in [0.15, 0.2) is 36.7 Å². The van der Waals surface area contributed by atoms with Gasteiger partial charge in [0.1, 0.15) is 11.6 Å². The smallest absolute Gasteiger partial charge is 0.320 e. The lowest BCUT2D eigenvalue weighted by molar-refractivity contribution is -0.137. The molecule has 0 unspecified atom stereocenters. The van der Waals surface area contributed by atoms with E-state index in [1.165, 1.54) is 24.2 Å². The number of ketones is 1. The number of amides is 2. The molecule has 1 saturated carbocycles. The van der Waals surface area contributed by atoms with E-state index in [2.05, 4.69) is 15.3 Å². The van der Waals surface area contributed by atoms with Crippen LogP contribution < -0.4 is 5.32 Å². The third-order valence-corrected chi connectivity index (χ3v) is 7.25. The third kappa shape index (κ3) is 7.53. The minimum atomic E-state index is -4.48. The number of aryl methyl sites for hydroxylation is 1. The fraction of sp³-hybridized carbons (Fsp3) is 0.481. The standard InChI is InChI=1S/C27H30ClF3N4O2/c28-23-15-19(6-8-22(36)14-18-4-2-1-3-5-18)16-33-25(23)20-10-12-35(13-11-20)26(37)34-24-9-7-21(17-32-24)27(29,30)31/h7,9-10,15-18H,1-6,8,11-14H2,(H,32,34,37). The molecule has 1 aliphatic heterocycles. The van der Waals surface area contributed by atoms with E-state index in [-0.39, 0.29) is 5.82 Å². The normalized spacial score (nSPS) is 16.9. The molecule has 10 heteroatoms. The number of carbonyl (C=O) groups is 2. The second kappa shape index (κ2) is 12.1. The number of carbonyl (C=O) groups excluding carboxylic acids is 2. The maximum Gasteiger partial charge on any atom is 0.417 e. The quantitative estimate of drug-likeness (QED) is 0.417. The SMILES string of the molecule is O=C(CCc1cnc(C2=CCN(C(=O)Nc3ccc(C(F)(F)F)cn3)CC2)c(Cl)c1)CC1CCCCC1. The number of hydrogen-bond acceptors (Lipinski definition) is 4. The highest BCUT2D eigenvalue weighted by molar-refractivity contribution is 6.32. The van der Waals surface area contributed by atoms with Crippen LogP contribution in [0.3, 0.4) is 0 Å². The molecule has 0 radical (unpaired) electrons. The predicted octanol–water partition coefficient (Wildman–Crippen LogP) is 6.94. The molecule has 2 amide bonds. The van der Waals surface area contributed by atoms with E-state index in [9.17, 15) is 22.8 Å². The van der Waals surface area contributed by atoms with E-state index in [0.717, 1.165) is 36.1 Å². The molecule has 1 N–H and O–H groups in total. The van der Waals surface area contributed by atoms with Crippen LogP contribution in [0.1, 0.15) is 68.2 Å². The number of urea groups is 1. The molecule has 0 aromatic carbocycles. The number of anilines is 1. The number of hydrogen-bond donors (Lipinski definition) is 1. The summed E-state index contributed by atoms with van der Waals surface area (Å²) in [5.74, 6) is 0.883. The summed E-state index contributed by atoms with van der Waals surface area (Å²) < 4.78 is 38.0. The Bertz CT molecular complexity index is 1150. The van der Waals surface area contributed by atoms with Gasteiger partial charge < -0.3 is 4.90 Å². The average Bonchev–Trinajstić information content (AvgIpc) is 2.88. The van der Waals surface area contributed by atoms with E-state index in [1.807, 2.05) is 12.1 Å². The van der Waals surface area contributed by atoms with Gasteiger partial charge in [-0.15, -0.1) is 0 Å². The first-order valence-electron chi connectivity index (χ1n) is 12.6. The molecule has 1 aliphatic carbocycles. The molecule has 2 aromatic heterocycles. The minimum Gasteiger partial charge on any atom is -0.320 e. The molecule has 0 atom stereocenters. The van der Waals surface area contributed by atoms with Crippen LogP contribution >= 0.6 is 11.6 Å². The molecule has 0 bridgehead atoms. The zero-order valence-corrected chi connectivity index (χ0v) is 21.2. The number of rotatable bonds is 7. The van der Waals surface area contributed by atoms with E-state index in [1.54, 1.807) is 6.20 Å². The second-order valence-electron chi connectivity index (χ2n) is 9.71. The molecule has 37 heavy (non-hydrogen) atoms. The van der Waals surface area contributed by atoms with Gasteiger partial charge in [-0.2, -0.15) is 13.2 Å². The zero-order valence-electron chi connectivity index (χ0n) is 20.5. The molecule has 2 aliphatic rings. The van der Waals surface area contributed by atoms with Gasteiger partial charge in [0.15, 0.2) is 0 Å². The number of halogens is 4. The number of nitrogens with one attached hydrogen (secondary N) is 1. The van der Waals surface area contributed by atoms with E-state index in [4.69, 9.17) is 11.6 Å². The third-order valence-electron chi connectivity index (χ3n) is 6.96. The highest BCUT2D eigenvalue weighted by Crippen LogP contribution is 2.30. The summed E-state index contributed by atoms with van der Waals surface area (Å²) >= 11 is 6.52. The Morgan fingerprint density at radius 3 is 2.51 bits per heavy atom. The number of Topliss-reactive ketones (excluding diaryl/α,β-unsaturated/α-hetero) is 1. The van der Waals surface area contributed by atoms with Crippen molar-refractivity contribution >= 4 is 34.8 Å². The first-order chi connectivity index (χ1) is 17.7. The lowest BCUT2D eigenvalue weighted by Crippen LogP contribution is -2.38. The van der Waals surface area contributed by atoms with Crippen molar-refractivity contribution < 1.29 is 22.8 Å². The van der Waals surface area contributed by atoms with E-state index in [0.29, 0.717) is 67.4 Å². The summed E-state index contributed by atoms with van der Waals surface area (Å²) in [5.41, 5.74) is 1.62. The lowest BCUT2D eigenvalue weighted by atomic mass is 9.85. The monoisotopic (exact) mass is 534 g/mol. The van der Waals surface area contributed by atoms with Crippen LogP contribution in [0, 0.1) is 5.92 Å². The molecular weight excluding hydrogens is 505 g/mol. The van der Waals surface area contributed by atoms with Crippen molar-refractivity contribution in [3.63, 3.8) is 0 Å². The number of pyridine rings is 2. The largest absolute Gasteiger partial charge is 0.417 e. The fourth-order valence-corrected chi connectivity index (χ4v) is 5.15. The summed E-state index contributed by atoms with van der Waals surface area (Å²) in [6.45, 7) is 0.699. The Kier molecular flexibility index (Phi) is 8.84. The van der Waals surface area contributed by atoms with Crippen LogP contribution in [0.4, 0.5) is 23.8 Å². The van der Waals surface area contributed by atoms with Gasteiger partial charge in [0, 0.05) is 38.3 Å². The number of aromatic nitrogens is 2. The molecule has 198 valence electrons. The van der Waals surface area contributed by atoms with Gasteiger partial charge in [0.05, 0.1) is 16.3 Å². The molecule has 3 heterocycles. The van der Waals surface area contributed by atoms with Gasteiger partial charge in [0.2, 0.25) is 0 Å². The van der Waals surface area contributed by atoms with Gasteiger partial charge >= 0.3 is 12.2 Å². The molecular formula is C27H30ClF3N4O2.